The quantitative estimate of drug-likeness (QED) is 0.658. The molecule has 3 N–H and O–H groups in total. The Morgan fingerprint density at radius 3 is 2.80 bits per heavy atom. The van der Waals surface area contributed by atoms with Crippen molar-refractivity contribution in [2.45, 2.75) is 19.0 Å². The molecule has 0 amide bonds. The molecule has 7 nitrogen and oxygen atoms in total. The molecular weight excluding hydrogens is 382 g/mol. The van der Waals surface area contributed by atoms with E-state index in [1.807, 2.05) is 11.6 Å². The zero-order valence-electron chi connectivity index (χ0n) is 13.9. The molecule has 8 heteroatoms. The molecule has 0 radical (unpaired) electrons. The molecule has 0 saturated carbocycles. The zero-order chi connectivity index (χ0) is 17.6. The molecule has 2 unspecified atom stereocenters. The van der Waals surface area contributed by atoms with Crippen LogP contribution in [0.15, 0.2) is 47.6 Å². The minimum atomic E-state index is 0.0525. The second-order valence-corrected chi connectivity index (χ2v) is 6.92. The lowest BCUT2D eigenvalue weighted by Crippen LogP contribution is -2.29. The van der Waals surface area contributed by atoms with Gasteiger partial charge in [-0.3, -0.25) is 0 Å². The summed E-state index contributed by atoms with van der Waals surface area (Å²) < 4.78 is 3.00. The Labute approximate surface area is 153 Å². The van der Waals surface area contributed by atoms with E-state index in [-0.39, 0.29) is 12.1 Å². The first-order valence-electron chi connectivity index (χ1n) is 7.95. The Morgan fingerprint density at radius 2 is 2.04 bits per heavy atom. The number of halogens is 1. The normalized spacial score (nSPS) is 19.0. The summed E-state index contributed by atoms with van der Waals surface area (Å²) in [6, 6.07) is 8.60. The number of fused-ring (bicyclic) bond motifs is 1. The highest BCUT2D eigenvalue weighted by atomic mass is 79.9. The monoisotopic (exact) mass is 399 g/mol. The SMILES string of the molecule is CC(c1ccccc1C1C=C(Br)NN1C)n1cnc2c(N)ncnc21. The van der Waals surface area contributed by atoms with Gasteiger partial charge in [0.25, 0.3) is 0 Å². The third-order valence-electron chi connectivity index (χ3n) is 4.57. The van der Waals surface area contributed by atoms with Gasteiger partial charge in [-0.1, -0.05) is 24.3 Å². The minimum absolute atomic E-state index is 0.0525. The van der Waals surface area contributed by atoms with Crippen LogP contribution in [0.1, 0.15) is 30.1 Å². The van der Waals surface area contributed by atoms with Gasteiger partial charge in [0.15, 0.2) is 11.5 Å². The van der Waals surface area contributed by atoms with E-state index >= 15 is 0 Å². The average molecular weight is 400 g/mol. The molecule has 0 spiro atoms. The summed E-state index contributed by atoms with van der Waals surface area (Å²) >= 11 is 3.52. The lowest BCUT2D eigenvalue weighted by atomic mass is 9.95. The van der Waals surface area contributed by atoms with Crippen LogP contribution in [-0.4, -0.2) is 31.6 Å². The predicted octanol–water partition coefficient (Wildman–Crippen LogP) is 2.75. The van der Waals surface area contributed by atoms with Gasteiger partial charge < -0.3 is 15.7 Å². The fourth-order valence-corrected chi connectivity index (χ4v) is 3.82. The summed E-state index contributed by atoms with van der Waals surface area (Å²) in [6.07, 6.45) is 5.40. The Balaban J connectivity index is 1.81. The number of hydrogen-bond acceptors (Lipinski definition) is 6. The Hall–Kier alpha value is -2.45. The molecule has 0 fully saturated rings. The fourth-order valence-electron chi connectivity index (χ4n) is 3.29. The van der Waals surface area contributed by atoms with Gasteiger partial charge in [0.05, 0.1) is 23.0 Å². The van der Waals surface area contributed by atoms with Crippen molar-refractivity contribution in [1.29, 1.82) is 0 Å². The standard InChI is InChI=1S/C17H18BrN7/c1-10(25-9-22-15-16(19)20-8-21-17(15)25)11-5-3-4-6-12(11)13-7-14(18)23-24(13)2/h3-10,13,23H,1-2H3,(H2,19,20,21). The van der Waals surface area contributed by atoms with Crippen molar-refractivity contribution in [2.24, 2.45) is 0 Å². The number of hydrazine groups is 1. The largest absolute Gasteiger partial charge is 0.382 e. The lowest BCUT2D eigenvalue weighted by Gasteiger charge is -2.25. The van der Waals surface area contributed by atoms with Crippen molar-refractivity contribution in [3.05, 3.63) is 58.7 Å². The molecule has 2 atom stereocenters. The summed E-state index contributed by atoms with van der Waals surface area (Å²) in [5, 5.41) is 2.07. The van der Waals surface area contributed by atoms with E-state index in [4.69, 9.17) is 5.73 Å². The summed E-state index contributed by atoms with van der Waals surface area (Å²) in [5.41, 5.74) is 13.0. The maximum atomic E-state index is 5.92. The van der Waals surface area contributed by atoms with Crippen molar-refractivity contribution in [3.8, 4) is 0 Å². The van der Waals surface area contributed by atoms with E-state index in [0.29, 0.717) is 11.3 Å². The molecule has 1 aromatic carbocycles. The van der Waals surface area contributed by atoms with Gasteiger partial charge in [0, 0.05) is 7.05 Å². The van der Waals surface area contributed by atoms with Gasteiger partial charge in [0.2, 0.25) is 0 Å². The molecule has 0 bridgehead atoms. The number of imidazole rings is 1. The molecule has 3 aromatic rings. The predicted molar refractivity (Wildman–Crippen MR) is 101 cm³/mol. The maximum Gasteiger partial charge on any atom is 0.165 e. The number of aromatic nitrogens is 4. The first-order valence-corrected chi connectivity index (χ1v) is 8.74. The first-order chi connectivity index (χ1) is 12.1. The number of rotatable bonds is 3. The van der Waals surface area contributed by atoms with Gasteiger partial charge in [-0.05, 0) is 40.1 Å². The number of hydrogen-bond donors (Lipinski definition) is 2. The van der Waals surface area contributed by atoms with Crippen LogP contribution in [0.3, 0.4) is 0 Å². The molecule has 25 heavy (non-hydrogen) atoms. The summed E-state index contributed by atoms with van der Waals surface area (Å²) in [7, 11) is 2.03. The molecular formula is C17H18BrN7. The number of nitrogen functional groups attached to an aromatic ring is 1. The summed E-state index contributed by atoms with van der Waals surface area (Å²) in [6.45, 7) is 2.14. The molecule has 0 aliphatic carbocycles. The van der Waals surface area contributed by atoms with Crippen molar-refractivity contribution in [1.82, 2.24) is 30.0 Å². The minimum Gasteiger partial charge on any atom is -0.382 e. The second-order valence-electron chi connectivity index (χ2n) is 6.07. The van der Waals surface area contributed by atoms with Crippen molar-refractivity contribution >= 4 is 32.9 Å². The maximum absolute atomic E-state index is 5.92. The highest BCUT2D eigenvalue weighted by molar-refractivity contribution is 9.11. The number of likely N-dealkylation sites (N-methyl/N-ethyl adjacent to an activating group) is 1. The second kappa shape index (κ2) is 6.12. The van der Waals surface area contributed by atoms with Crippen molar-refractivity contribution in [2.75, 3.05) is 12.8 Å². The fraction of sp³-hybridized carbons (Fsp3) is 0.235. The summed E-state index contributed by atoms with van der Waals surface area (Å²) in [4.78, 5) is 12.8. The molecule has 1 aliphatic rings. The summed E-state index contributed by atoms with van der Waals surface area (Å²) in [5.74, 6) is 0.399. The van der Waals surface area contributed by atoms with E-state index in [1.165, 1.54) is 17.5 Å². The molecule has 2 aromatic heterocycles. The van der Waals surface area contributed by atoms with Crippen LogP contribution in [-0.2, 0) is 0 Å². The van der Waals surface area contributed by atoms with Gasteiger partial charge in [-0.2, -0.15) is 0 Å². The highest BCUT2D eigenvalue weighted by Crippen LogP contribution is 2.34. The number of benzene rings is 1. The smallest absolute Gasteiger partial charge is 0.165 e. The van der Waals surface area contributed by atoms with Gasteiger partial charge in [-0.25, -0.2) is 20.0 Å². The number of nitrogens with two attached hydrogens (primary N) is 1. The third-order valence-corrected chi connectivity index (χ3v) is 5.02. The molecule has 128 valence electrons. The van der Waals surface area contributed by atoms with Gasteiger partial charge in [-0.15, -0.1) is 0 Å². The zero-order valence-corrected chi connectivity index (χ0v) is 15.5. The molecule has 0 saturated heterocycles. The van der Waals surface area contributed by atoms with E-state index < -0.39 is 0 Å². The molecule has 4 rings (SSSR count). The van der Waals surface area contributed by atoms with Gasteiger partial charge in [0.1, 0.15) is 11.8 Å². The lowest BCUT2D eigenvalue weighted by molar-refractivity contribution is 0.253. The Bertz CT molecular complexity index is 965. The number of anilines is 1. The Morgan fingerprint density at radius 1 is 1.24 bits per heavy atom. The van der Waals surface area contributed by atoms with Crippen LogP contribution >= 0.6 is 15.9 Å². The number of nitrogens with one attached hydrogen (secondary N) is 1. The molecule has 1 aliphatic heterocycles. The third kappa shape index (κ3) is 2.67. The highest BCUT2D eigenvalue weighted by Gasteiger charge is 2.26. The average Bonchev–Trinajstić information content (AvgIpc) is 3.18. The van der Waals surface area contributed by atoms with E-state index in [9.17, 15) is 0 Å². The molecule has 3 heterocycles. The van der Waals surface area contributed by atoms with Crippen LogP contribution in [0.2, 0.25) is 0 Å². The number of nitrogens with zero attached hydrogens (tertiary/aromatic N) is 5. The van der Waals surface area contributed by atoms with Crippen LogP contribution in [0.4, 0.5) is 5.82 Å². The topological polar surface area (TPSA) is 84.9 Å². The van der Waals surface area contributed by atoms with Gasteiger partial charge >= 0.3 is 0 Å². The van der Waals surface area contributed by atoms with Crippen LogP contribution in [0.5, 0.6) is 0 Å². The van der Waals surface area contributed by atoms with Crippen LogP contribution in [0.25, 0.3) is 11.2 Å². The van der Waals surface area contributed by atoms with Crippen molar-refractivity contribution in [3.63, 3.8) is 0 Å². The van der Waals surface area contributed by atoms with Crippen LogP contribution in [0, 0.1) is 0 Å². The first kappa shape index (κ1) is 16.0. The van der Waals surface area contributed by atoms with E-state index in [0.717, 1.165) is 10.3 Å². The van der Waals surface area contributed by atoms with E-state index in [2.05, 4.69) is 78.6 Å². The van der Waals surface area contributed by atoms with Crippen LogP contribution < -0.4 is 11.2 Å². The van der Waals surface area contributed by atoms with E-state index in [1.54, 1.807) is 6.33 Å². The Kier molecular flexibility index (Phi) is 3.93. The van der Waals surface area contributed by atoms with Crippen molar-refractivity contribution < 1.29 is 0 Å².